The Bertz CT molecular complexity index is 1150. The second-order valence-corrected chi connectivity index (χ2v) is 8.41. The number of carbonyl (C=O) groups is 2. The van der Waals surface area contributed by atoms with Crippen molar-refractivity contribution in [1.82, 2.24) is 9.80 Å². The molecule has 4 rings (SSSR count). The monoisotopic (exact) mass is 481 g/mol. The van der Waals surface area contributed by atoms with Gasteiger partial charge in [0.05, 0.1) is 22.8 Å². The fourth-order valence-corrected chi connectivity index (χ4v) is 3.93. The maximum Gasteiger partial charge on any atom is 0.257 e. The molecular formula is C26H25ClFN3O3. The highest BCUT2D eigenvalue weighted by atomic mass is 35.5. The lowest BCUT2D eigenvalue weighted by Gasteiger charge is -2.34. The summed E-state index contributed by atoms with van der Waals surface area (Å²) in [6.45, 7) is 2.64. The molecule has 0 atom stereocenters. The number of ether oxygens (including phenoxy) is 1. The van der Waals surface area contributed by atoms with Crippen molar-refractivity contribution >= 4 is 29.1 Å². The number of anilines is 1. The van der Waals surface area contributed by atoms with E-state index in [1.54, 1.807) is 53.4 Å². The SMILES string of the molecule is O=C(CN1CCN(C(=O)c2ccccc2OCc2ccc(F)cc2)CC1)Nc1ccccc1Cl. The van der Waals surface area contributed by atoms with Gasteiger partial charge in [0.25, 0.3) is 5.91 Å². The van der Waals surface area contributed by atoms with Crippen molar-refractivity contribution < 1.29 is 18.7 Å². The lowest BCUT2D eigenvalue weighted by molar-refractivity contribution is -0.117. The zero-order valence-electron chi connectivity index (χ0n) is 18.5. The summed E-state index contributed by atoms with van der Waals surface area (Å²) in [5.74, 6) is -0.0829. The van der Waals surface area contributed by atoms with Crippen LogP contribution in [0.2, 0.25) is 5.02 Å². The van der Waals surface area contributed by atoms with Crippen molar-refractivity contribution in [2.45, 2.75) is 6.61 Å². The molecule has 1 N–H and O–H groups in total. The van der Waals surface area contributed by atoms with Gasteiger partial charge in [-0.25, -0.2) is 4.39 Å². The van der Waals surface area contributed by atoms with E-state index in [9.17, 15) is 14.0 Å². The lowest BCUT2D eigenvalue weighted by atomic mass is 10.1. The van der Waals surface area contributed by atoms with Gasteiger partial charge in [-0.05, 0) is 42.0 Å². The normalized spacial score (nSPS) is 14.0. The first-order valence-corrected chi connectivity index (χ1v) is 11.4. The molecule has 1 aliphatic heterocycles. The maximum absolute atomic E-state index is 13.2. The standard InChI is InChI=1S/C26H25ClFN3O3/c27-22-6-2-3-7-23(22)29-25(32)17-30-13-15-31(16-14-30)26(33)21-5-1-4-8-24(21)34-18-19-9-11-20(28)12-10-19/h1-12H,13-18H2,(H,29,32). The molecule has 0 unspecified atom stereocenters. The van der Waals surface area contributed by atoms with Crippen LogP contribution in [0, 0.1) is 5.82 Å². The van der Waals surface area contributed by atoms with Crippen LogP contribution in [-0.2, 0) is 11.4 Å². The van der Waals surface area contributed by atoms with Gasteiger partial charge in [0.15, 0.2) is 0 Å². The highest BCUT2D eigenvalue weighted by Gasteiger charge is 2.25. The molecule has 2 amide bonds. The molecular weight excluding hydrogens is 457 g/mol. The Balaban J connectivity index is 1.30. The summed E-state index contributed by atoms with van der Waals surface area (Å²) < 4.78 is 19.0. The zero-order chi connectivity index (χ0) is 23.9. The van der Waals surface area contributed by atoms with Gasteiger partial charge in [-0.15, -0.1) is 0 Å². The fraction of sp³-hybridized carbons (Fsp3) is 0.231. The Morgan fingerprint density at radius 3 is 2.32 bits per heavy atom. The number of amides is 2. The molecule has 0 aromatic heterocycles. The third-order valence-electron chi connectivity index (χ3n) is 5.60. The highest BCUT2D eigenvalue weighted by Crippen LogP contribution is 2.23. The minimum Gasteiger partial charge on any atom is -0.488 e. The number of hydrogen-bond donors (Lipinski definition) is 1. The molecule has 34 heavy (non-hydrogen) atoms. The molecule has 1 heterocycles. The number of hydrogen-bond acceptors (Lipinski definition) is 4. The molecule has 8 heteroatoms. The van der Waals surface area contributed by atoms with Gasteiger partial charge in [0.2, 0.25) is 5.91 Å². The fourth-order valence-electron chi connectivity index (χ4n) is 3.75. The molecule has 0 aliphatic carbocycles. The number of halogens is 2. The largest absolute Gasteiger partial charge is 0.488 e. The number of carbonyl (C=O) groups excluding carboxylic acids is 2. The van der Waals surface area contributed by atoms with E-state index in [1.807, 2.05) is 17.0 Å². The Labute approximate surface area is 202 Å². The Morgan fingerprint density at radius 1 is 0.912 bits per heavy atom. The van der Waals surface area contributed by atoms with E-state index in [0.717, 1.165) is 5.56 Å². The third kappa shape index (κ3) is 6.12. The van der Waals surface area contributed by atoms with Gasteiger partial charge < -0.3 is 15.0 Å². The molecule has 1 saturated heterocycles. The topological polar surface area (TPSA) is 61.9 Å². The van der Waals surface area contributed by atoms with E-state index in [2.05, 4.69) is 5.32 Å². The van der Waals surface area contributed by atoms with Crippen LogP contribution in [0.25, 0.3) is 0 Å². The highest BCUT2D eigenvalue weighted by molar-refractivity contribution is 6.33. The number of rotatable bonds is 7. The van der Waals surface area contributed by atoms with E-state index < -0.39 is 0 Å². The summed E-state index contributed by atoms with van der Waals surface area (Å²) in [4.78, 5) is 29.3. The van der Waals surface area contributed by atoms with Crippen LogP contribution in [0.5, 0.6) is 5.75 Å². The minimum absolute atomic E-state index is 0.116. The molecule has 176 valence electrons. The molecule has 6 nitrogen and oxygen atoms in total. The van der Waals surface area contributed by atoms with Gasteiger partial charge >= 0.3 is 0 Å². The summed E-state index contributed by atoms with van der Waals surface area (Å²) in [7, 11) is 0. The average molecular weight is 482 g/mol. The van der Waals surface area contributed by atoms with Gasteiger partial charge in [0.1, 0.15) is 18.2 Å². The molecule has 1 aliphatic rings. The first-order valence-electron chi connectivity index (χ1n) is 11.0. The molecule has 0 bridgehead atoms. The predicted molar refractivity (Wildman–Crippen MR) is 130 cm³/mol. The van der Waals surface area contributed by atoms with E-state index in [0.29, 0.717) is 48.2 Å². The van der Waals surface area contributed by atoms with E-state index in [1.165, 1.54) is 12.1 Å². The van der Waals surface area contributed by atoms with Crippen molar-refractivity contribution in [3.63, 3.8) is 0 Å². The number of benzene rings is 3. The molecule has 0 saturated carbocycles. The second-order valence-electron chi connectivity index (χ2n) is 8.01. The lowest BCUT2D eigenvalue weighted by Crippen LogP contribution is -2.50. The quantitative estimate of drug-likeness (QED) is 0.541. The molecule has 1 fully saturated rings. The van der Waals surface area contributed by atoms with Crippen LogP contribution in [0.15, 0.2) is 72.8 Å². The van der Waals surface area contributed by atoms with Crippen LogP contribution < -0.4 is 10.1 Å². The smallest absolute Gasteiger partial charge is 0.257 e. The average Bonchev–Trinajstić information content (AvgIpc) is 2.85. The summed E-state index contributed by atoms with van der Waals surface area (Å²) in [5.41, 5.74) is 1.88. The number of piperazine rings is 1. The summed E-state index contributed by atoms with van der Waals surface area (Å²) >= 11 is 6.10. The summed E-state index contributed by atoms with van der Waals surface area (Å²) in [6, 6.07) is 20.3. The Morgan fingerprint density at radius 2 is 1.59 bits per heavy atom. The van der Waals surface area contributed by atoms with Crippen molar-refractivity contribution in [2.24, 2.45) is 0 Å². The van der Waals surface area contributed by atoms with Gasteiger partial charge in [-0.2, -0.15) is 0 Å². The van der Waals surface area contributed by atoms with Crippen molar-refractivity contribution in [2.75, 3.05) is 38.0 Å². The maximum atomic E-state index is 13.2. The van der Waals surface area contributed by atoms with Crippen LogP contribution in [-0.4, -0.2) is 54.3 Å². The van der Waals surface area contributed by atoms with E-state index in [-0.39, 0.29) is 30.8 Å². The first-order chi connectivity index (χ1) is 16.5. The van der Waals surface area contributed by atoms with Crippen molar-refractivity contribution in [3.05, 3.63) is 94.8 Å². The van der Waals surface area contributed by atoms with Gasteiger partial charge in [-0.3, -0.25) is 14.5 Å². The number of para-hydroxylation sites is 2. The third-order valence-corrected chi connectivity index (χ3v) is 5.93. The number of nitrogens with zero attached hydrogens (tertiary/aromatic N) is 2. The van der Waals surface area contributed by atoms with Crippen LogP contribution in [0.4, 0.5) is 10.1 Å². The predicted octanol–water partition coefficient (Wildman–Crippen LogP) is 4.45. The number of nitrogens with one attached hydrogen (secondary N) is 1. The van der Waals surface area contributed by atoms with E-state index >= 15 is 0 Å². The first kappa shape index (κ1) is 23.7. The zero-order valence-corrected chi connectivity index (χ0v) is 19.3. The molecule has 0 radical (unpaired) electrons. The summed E-state index contributed by atoms with van der Waals surface area (Å²) in [5, 5.41) is 3.32. The minimum atomic E-state index is -0.306. The van der Waals surface area contributed by atoms with E-state index in [4.69, 9.17) is 16.3 Å². The van der Waals surface area contributed by atoms with Crippen molar-refractivity contribution in [3.8, 4) is 5.75 Å². The Kier molecular flexibility index (Phi) is 7.77. The molecule has 3 aromatic carbocycles. The van der Waals surface area contributed by atoms with Crippen LogP contribution in [0.1, 0.15) is 15.9 Å². The van der Waals surface area contributed by atoms with Crippen LogP contribution in [0.3, 0.4) is 0 Å². The Hall–Kier alpha value is -3.42. The second kappa shape index (κ2) is 11.1. The van der Waals surface area contributed by atoms with Gasteiger partial charge in [-0.1, -0.05) is 48.0 Å². The van der Waals surface area contributed by atoms with Crippen LogP contribution >= 0.6 is 11.6 Å². The van der Waals surface area contributed by atoms with Gasteiger partial charge in [0, 0.05) is 26.2 Å². The summed E-state index contributed by atoms with van der Waals surface area (Å²) in [6.07, 6.45) is 0. The molecule has 3 aromatic rings. The van der Waals surface area contributed by atoms with Crippen molar-refractivity contribution in [1.29, 1.82) is 0 Å². The molecule has 0 spiro atoms.